The summed E-state index contributed by atoms with van der Waals surface area (Å²) in [5.74, 6) is -0.996. The first kappa shape index (κ1) is 27.6. The van der Waals surface area contributed by atoms with E-state index in [4.69, 9.17) is 20.9 Å². The van der Waals surface area contributed by atoms with Crippen LogP contribution < -0.4 is 4.90 Å². The van der Waals surface area contributed by atoms with Crippen LogP contribution in [0.2, 0.25) is 5.02 Å². The van der Waals surface area contributed by atoms with E-state index in [9.17, 15) is 19.4 Å². The molecule has 0 N–H and O–H groups in total. The number of carbonyl (C=O) groups is 2. The van der Waals surface area contributed by atoms with Gasteiger partial charge in [-0.1, -0.05) is 29.8 Å². The van der Waals surface area contributed by atoms with Crippen LogP contribution in [0.15, 0.2) is 54.0 Å². The topological polar surface area (TPSA) is 96.7 Å². The van der Waals surface area contributed by atoms with Crippen LogP contribution in [0.5, 0.6) is 0 Å². The molecule has 1 heterocycles. The molecule has 0 aliphatic carbocycles. The number of halogens is 1. The van der Waals surface area contributed by atoms with E-state index in [0.717, 1.165) is 10.1 Å². The summed E-state index contributed by atoms with van der Waals surface area (Å²) in [4.78, 5) is 26.8. The summed E-state index contributed by atoms with van der Waals surface area (Å²) in [5.41, 5.74) is 0.900. The van der Waals surface area contributed by atoms with Gasteiger partial charge in [0.2, 0.25) is 13.3 Å². The lowest BCUT2D eigenvalue weighted by Gasteiger charge is -2.22. The van der Waals surface area contributed by atoms with Gasteiger partial charge in [0.25, 0.3) is 0 Å². The number of amides is 1. The van der Waals surface area contributed by atoms with Crippen LogP contribution in [-0.2, 0) is 23.4 Å². The number of benzene rings is 2. The number of nitrogens with zero attached hydrogens (tertiary/aromatic N) is 2. The van der Waals surface area contributed by atoms with Gasteiger partial charge in [-0.05, 0) is 56.7 Å². The third-order valence-corrected chi connectivity index (χ3v) is 7.76. The van der Waals surface area contributed by atoms with Crippen molar-refractivity contribution in [3.63, 3.8) is 0 Å². The summed E-state index contributed by atoms with van der Waals surface area (Å²) in [6.07, 6.45) is 2.76. The number of hydrogen-bond donors (Lipinski definition) is 0. The fourth-order valence-electron chi connectivity index (χ4n) is 3.15. The molecule has 2 aromatic carbocycles. The Morgan fingerprint density at radius 1 is 1.22 bits per heavy atom. The minimum atomic E-state index is -3.47. The zero-order chi connectivity index (χ0) is 26.5. The van der Waals surface area contributed by atoms with E-state index < -0.39 is 37.6 Å². The molecule has 7 nitrogen and oxygen atoms in total. The highest BCUT2D eigenvalue weighted by atomic mass is 35.5. The van der Waals surface area contributed by atoms with Crippen LogP contribution >= 0.6 is 30.3 Å². The molecule has 1 aromatic heterocycles. The van der Waals surface area contributed by atoms with Gasteiger partial charge in [-0.2, -0.15) is 5.26 Å². The SMILES string of the molecule is CC(C)(C)C(=O)OCOP(C)(=O)CC(=O)N(/C=C/c1ccccc1C#N)c1csc2ccc(Cl)cc12. The molecule has 0 saturated carbocycles. The predicted molar refractivity (Wildman–Crippen MR) is 144 cm³/mol. The smallest absolute Gasteiger partial charge is 0.313 e. The minimum Gasteiger partial charge on any atom is -0.438 e. The van der Waals surface area contributed by atoms with Gasteiger partial charge < -0.3 is 4.74 Å². The number of carbonyl (C=O) groups excluding carboxylic acids is 2. The summed E-state index contributed by atoms with van der Waals surface area (Å²) < 4.78 is 24.4. The summed E-state index contributed by atoms with van der Waals surface area (Å²) in [7, 11) is -3.47. The van der Waals surface area contributed by atoms with Crippen molar-refractivity contribution in [2.45, 2.75) is 20.8 Å². The van der Waals surface area contributed by atoms with Gasteiger partial charge in [0, 0.05) is 33.4 Å². The third-order valence-electron chi connectivity index (χ3n) is 5.08. The molecule has 1 unspecified atom stereocenters. The molecule has 0 radical (unpaired) electrons. The van der Waals surface area contributed by atoms with Gasteiger partial charge in [-0.15, -0.1) is 11.3 Å². The fourth-order valence-corrected chi connectivity index (χ4v) is 5.25. The minimum absolute atomic E-state index is 0.428. The van der Waals surface area contributed by atoms with Crippen molar-refractivity contribution in [2.24, 2.45) is 5.41 Å². The van der Waals surface area contributed by atoms with Gasteiger partial charge >= 0.3 is 5.97 Å². The Morgan fingerprint density at radius 2 is 1.94 bits per heavy atom. The molecule has 0 fully saturated rings. The monoisotopic (exact) mass is 544 g/mol. The summed E-state index contributed by atoms with van der Waals surface area (Å²) in [5, 5.41) is 12.5. The van der Waals surface area contributed by atoms with Gasteiger partial charge in [0.15, 0.2) is 6.79 Å². The van der Waals surface area contributed by atoms with Crippen molar-refractivity contribution in [1.29, 1.82) is 5.26 Å². The Labute approximate surface area is 219 Å². The number of rotatable bonds is 8. The molecular weight excluding hydrogens is 519 g/mol. The highest BCUT2D eigenvalue weighted by Crippen LogP contribution is 2.44. The second-order valence-electron chi connectivity index (χ2n) is 9.14. The number of thiophene rings is 1. The zero-order valence-corrected chi connectivity index (χ0v) is 22.8. The van der Waals surface area contributed by atoms with E-state index in [1.807, 2.05) is 11.4 Å². The number of fused-ring (bicyclic) bond motifs is 1. The first-order chi connectivity index (χ1) is 16.9. The number of nitriles is 1. The molecule has 0 spiro atoms. The maximum atomic E-state index is 13.4. The van der Waals surface area contributed by atoms with Gasteiger partial charge in [0.1, 0.15) is 6.16 Å². The summed E-state index contributed by atoms with van der Waals surface area (Å²) in [6, 6.07) is 14.5. The van der Waals surface area contributed by atoms with Crippen molar-refractivity contribution in [1.82, 2.24) is 0 Å². The molecule has 0 aliphatic heterocycles. The number of esters is 1. The quantitative estimate of drug-likeness (QED) is 0.174. The lowest BCUT2D eigenvalue weighted by atomic mass is 9.98. The molecule has 188 valence electrons. The van der Waals surface area contributed by atoms with Crippen molar-refractivity contribution in [3.8, 4) is 6.07 Å². The Kier molecular flexibility index (Phi) is 8.76. The van der Waals surface area contributed by atoms with E-state index in [2.05, 4.69) is 6.07 Å². The number of hydrogen-bond acceptors (Lipinski definition) is 7. The lowest BCUT2D eigenvalue weighted by Crippen LogP contribution is -2.28. The Balaban J connectivity index is 1.89. The van der Waals surface area contributed by atoms with E-state index in [0.29, 0.717) is 21.8 Å². The van der Waals surface area contributed by atoms with E-state index >= 15 is 0 Å². The van der Waals surface area contributed by atoms with Crippen molar-refractivity contribution in [3.05, 3.63) is 70.2 Å². The summed E-state index contributed by atoms with van der Waals surface area (Å²) >= 11 is 7.65. The maximum absolute atomic E-state index is 13.4. The molecular formula is C26H26ClN2O5PS. The second kappa shape index (κ2) is 11.4. The molecule has 10 heteroatoms. The fraction of sp³-hybridized carbons (Fsp3) is 0.269. The average molecular weight is 545 g/mol. The van der Waals surface area contributed by atoms with Crippen LogP contribution in [0.3, 0.4) is 0 Å². The van der Waals surface area contributed by atoms with Crippen LogP contribution in [-0.4, -0.2) is 31.5 Å². The first-order valence-electron chi connectivity index (χ1n) is 11.0. The Morgan fingerprint density at radius 3 is 2.64 bits per heavy atom. The molecule has 0 saturated heterocycles. The van der Waals surface area contributed by atoms with Crippen molar-refractivity contribution < 1.29 is 23.4 Å². The van der Waals surface area contributed by atoms with Crippen molar-refractivity contribution in [2.75, 3.05) is 24.5 Å². The van der Waals surface area contributed by atoms with E-state index in [1.165, 1.54) is 22.9 Å². The van der Waals surface area contributed by atoms with Crippen LogP contribution in [0, 0.1) is 16.7 Å². The highest BCUT2D eigenvalue weighted by Gasteiger charge is 2.28. The normalized spacial score (nSPS) is 13.3. The zero-order valence-electron chi connectivity index (χ0n) is 20.4. The standard InChI is InChI=1S/C26H26ClN2O5PS/c1-26(2,3)25(31)33-17-34-35(4,32)15-24(30)29(12-11-18-7-5-6-8-19(18)14-28)22-16-36-23-10-9-20(27)13-21(22)23/h5-13,16H,15,17H2,1-4H3/b12-11+. The van der Waals surface area contributed by atoms with Gasteiger partial charge in [-0.3, -0.25) is 23.6 Å². The Bertz CT molecular complexity index is 1400. The van der Waals surface area contributed by atoms with E-state index in [1.54, 1.807) is 69.4 Å². The van der Waals surface area contributed by atoms with Crippen molar-refractivity contribution >= 4 is 64.0 Å². The molecule has 36 heavy (non-hydrogen) atoms. The van der Waals surface area contributed by atoms with Crippen LogP contribution in [0.25, 0.3) is 16.2 Å². The van der Waals surface area contributed by atoms with Crippen LogP contribution in [0.1, 0.15) is 31.9 Å². The molecule has 3 rings (SSSR count). The molecule has 1 atom stereocenters. The average Bonchev–Trinajstić information content (AvgIpc) is 3.21. The molecule has 3 aromatic rings. The van der Waals surface area contributed by atoms with Gasteiger partial charge in [-0.25, -0.2) is 0 Å². The number of ether oxygens (including phenoxy) is 1. The number of anilines is 1. The van der Waals surface area contributed by atoms with E-state index in [-0.39, 0.29) is 0 Å². The largest absolute Gasteiger partial charge is 0.438 e. The lowest BCUT2D eigenvalue weighted by molar-refractivity contribution is -0.159. The maximum Gasteiger partial charge on any atom is 0.313 e. The van der Waals surface area contributed by atoms with Gasteiger partial charge in [0.05, 0.1) is 22.7 Å². The summed E-state index contributed by atoms with van der Waals surface area (Å²) in [6.45, 7) is 5.88. The van der Waals surface area contributed by atoms with Crippen LogP contribution in [0.4, 0.5) is 5.69 Å². The first-order valence-corrected chi connectivity index (χ1v) is 14.5. The highest BCUT2D eigenvalue weighted by molar-refractivity contribution is 7.59. The molecule has 0 bridgehead atoms. The Hall–Kier alpha value is -2.95. The predicted octanol–water partition coefficient (Wildman–Crippen LogP) is 6.90. The second-order valence-corrected chi connectivity index (χ2v) is 13.1. The molecule has 0 aliphatic rings. The third kappa shape index (κ3) is 7.05. The molecule has 1 amide bonds.